The fourth-order valence-corrected chi connectivity index (χ4v) is 2.71. The SMILES string of the molecule is CC1CCC(O)(CNC2CCCOC2)CC1. The monoisotopic (exact) mass is 227 g/mol. The highest BCUT2D eigenvalue weighted by molar-refractivity contribution is 4.87. The lowest BCUT2D eigenvalue weighted by Gasteiger charge is -2.36. The third-order valence-electron chi connectivity index (χ3n) is 4.09. The van der Waals surface area contributed by atoms with Gasteiger partial charge in [0.15, 0.2) is 0 Å². The molecule has 1 heterocycles. The zero-order chi connectivity index (χ0) is 11.4. The molecule has 1 saturated heterocycles. The first-order chi connectivity index (χ1) is 7.68. The average Bonchev–Trinajstić information content (AvgIpc) is 2.33. The molecule has 2 N–H and O–H groups in total. The molecule has 94 valence electrons. The molecule has 0 aromatic heterocycles. The van der Waals surface area contributed by atoms with Gasteiger partial charge in [-0.1, -0.05) is 6.92 Å². The summed E-state index contributed by atoms with van der Waals surface area (Å²) in [5.74, 6) is 0.790. The van der Waals surface area contributed by atoms with E-state index in [1.165, 1.54) is 19.3 Å². The summed E-state index contributed by atoms with van der Waals surface area (Å²) >= 11 is 0. The Balaban J connectivity index is 1.71. The molecule has 0 bridgehead atoms. The van der Waals surface area contributed by atoms with Crippen molar-refractivity contribution in [3.63, 3.8) is 0 Å². The molecular weight excluding hydrogens is 202 g/mol. The van der Waals surface area contributed by atoms with Crippen LogP contribution in [0.4, 0.5) is 0 Å². The lowest BCUT2D eigenvalue weighted by atomic mass is 9.79. The molecule has 2 fully saturated rings. The minimum Gasteiger partial charge on any atom is -0.389 e. The average molecular weight is 227 g/mol. The Morgan fingerprint density at radius 2 is 2.06 bits per heavy atom. The van der Waals surface area contributed by atoms with Gasteiger partial charge in [0.25, 0.3) is 0 Å². The van der Waals surface area contributed by atoms with Gasteiger partial charge in [0.05, 0.1) is 12.2 Å². The van der Waals surface area contributed by atoms with E-state index in [0.29, 0.717) is 6.04 Å². The number of nitrogens with one attached hydrogen (secondary N) is 1. The van der Waals surface area contributed by atoms with E-state index in [-0.39, 0.29) is 0 Å². The first-order valence-corrected chi connectivity index (χ1v) is 6.71. The van der Waals surface area contributed by atoms with Crippen LogP contribution in [-0.2, 0) is 4.74 Å². The molecule has 0 amide bonds. The topological polar surface area (TPSA) is 41.5 Å². The second-order valence-electron chi connectivity index (χ2n) is 5.70. The van der Waals surface area contributed by atoms with Crippen LogP contribution in [-0.4, -0.2) is 36.5 Å². The van der Waals surface area contributed by atoms with Gasteiger partial charge in [-0.15, -0.1) is 0 Å². The van der Waals surface area contributed by atoms with Gasteiger partial charge in [0.2, 0.25) is 0 Å². The van der Waals surface area contributed by atoms with Gasteiger partial charge in [-0.2, -0.15) is 0 Å². The quantitative estimate of drug-likeness (QED) is 0.771. The van der Waals surface area contributed by atoms with Crippen molar-refractivity contribution in [1.29, 1.82) is 0 Å². The minimum absolute atomic E-state index is 0.454. The van der Waals surface area contributed by atoms with Crippen molar-refractivity contribution in [2.75, 3.05) is 19.8 Å². The van der Waals surface area contributed by atoms with Gasteiger partial charge in [0.1, 0.15) is 0 Å². The first kappa shape index (κ1) is 12.3. The van der Waals surface area contributed by atoms with Gasteiger partial charge in [-0.05, 0) is 44.4 Å². The van der Waals surface area contributed by atoms with Crippen molar-refractivity contribution >= 4 is 0 Å². The van der Waals surface area contributed by atoms with Crippen LogP contribution in [0.5, 0.6) is 0 Å². The molecular formula is C13H25NO2. The predicted octanol–water partition coefficient (Wildman–Crippen LogP) is 1.70. The molecule has 0 aromatic carbocycles. The molecule has 1 unspecified atom stereocenters. The lowest BCUT2D eigenvalue weighted by molar-refractivity contribution is -0.0147. The van der Waals surface area contributed by atoms with Crippen LogP contribution < -0.4 is 5.32 Å². The number of hydrogen-bond donors (Lipinski definition) is 2. The van der Waals surface area contributed by atoms with Crippen molar-refractivity contribution in [3.8, 4) is 0 Å². The van der Waals surface area contributed by atoms with E-state index in [1.807, 2.05) is 0 Å². The van der Waals surface area contributed by atoms with Crippen molar-refractivity contribution in [2.45, 2.75) is 57.1 Å². The minimum atomic E-state index is -0.454. The van der Waals surface area contributed by atoms with Crippen LogP contribution in [0.25, 0.3) is 0 Å². The Kier molecular flexibility index (Phi) is 4.22. The Bertz CT molecular complexity index is 206. The molecule has 1 aliphatic heterocycles. The van der Waals surface area contributed by atoms with Gasteiger partial charge in [0, 0.05) is 19.2 Å². The Morgan fingerprint density at radius 1 is 1.31 bits per heavy atom. The summed E-state index contributed by atoms with van der Waals surface area (Å²) in [6.45, 7) is 4.74. The smallest absolute Gasteiger partial charge is 0.0771 e. The molecule has 3 nitrogen and oxygen atoms in total. The van der Waals surface area contributed by atoms with E-state index in [4.69, 9.17) is 4.74 Å². The third kappa shape index (κ3) is 3.44. The summed E-state index contributed by atoms with van der Waals surface area (Å²) in [5.41, 5.74) is -0.454. The van der Waals surface area contributed by atoms with Crippen LogP contribution >= 0.6 is 0 Å². The van der Waals surface area contributed by atoms with Crippen LogP contribution in [0.2, 0.25) is 0 Å². The predicted molar refractivity (Wildman–Crippen MR) is 64.4 cm³/mol. The lowest BCUT2D eigenvalue weighted by Crippen LogP contribution is -2.48. The summed E-state index contributed by atoms with van der Waals surface area (Å²) in [5, 5.41) is 13.9. The van der Waals surface area contributed by atoms with Crippen LogP contribution in [0.1, 0.15) is 45.4 Å². The first-order valence-electron chi connectivity index (χ1n) is 6.71. The summed E-state index contributed by atoms with van der Waals surface area (Å²) < 4.78 is 5.43. The van der Waals surface area contributed by atoms with E-state index in [2.05, 4.69) is 12.2 Å². The Hall–Kier alpha value is -0.120. The molecule has 2 aliphatic rings. The molecule has 0 radical (unpaired) electrons. The second kappa shape index (κ2) is 5.48. The number of aliphatic hydroxyl groups is 1. The van der Waals surface area contributed by atoms with Crippen molar-refractivity contribution < 1.29 is 9.84 Å². The van der Waals surface area contributed by atoms with Gasteiger partial charge < -0.3 is 15.2 Å². The zero-order valence-corrected chi connectivity index (χ0v) is 10.4. The standard InChI is InChI=1S/C13H25NO2/c1-11-4-6-13(15,7-5-11)10-14-12-3-2-8-16-9-12/h11-12,14-15H,2-10H2,1H3. The molecule has 0 aromatic rings. The van der Waals surface area contributed by atoms with Crippen LogP contribution in [0.3, 0.4) is 0 Å². The fourth-order valence-electron chi connectivity index (χ4n) is 2.71. The van der Waals surface area contributed by atoms with Crippen LogP contribution in [0, 0.1) is 5.92 Å². The van der Waals surface area contributed by atoms with Crippen molar-refractivity contribution in [1.82, 2.24) is 5.32 Å². The summed E-state index contributed by atoms with van der Waals surface area (Å²) in [7, 11) is 0. The largest absolute Gasteiger partial charge is 0.389 e. The normalized spacial score (nSPS) is 40.9. The summed E-state index contributed by atoms with van der Waals surface area (Å²) in [4.78, 5) is 0. The Morgan fingerprint density at radius 3 is 2.69 bits per heavy atom. The third-order valence-corrected chi connectivity index (χ3v) is 4.09. The van der Waals surface area contributed by atoms with Crippen molar-refractivity contribution in [2.24, 2.45) is 5.92 Å². The second-order valence-corrected chi connectivity index (χ2v) is 5.70. The van der Waals surface area contributed by atoms with E-state index in [1.54, 1.807) is 0 Å². The van der Waals surface area contributed by atoms with E-state index >= 15 is 0 Å². The Labute approximate surface area is 98.6 Å². The van der Waals surface area contributed by atoms with Gasteiger partial charge in [-0.3, -0.25) is 0 Å². The van der Waals surface area contributed by atoms with Crippen molar-refractivity contribution in [3.05, 3.63) is 0 Å². The fraction of sp³-hybridized carbons (Fsp3) is 1.00. The molecule has 1 aliphatic carbocycles. The highest BCUT2D eigenvalue weighted by Gasteiger charge is 2.32. The van der Waals surface area contributed by atoms with E-state index in [0.717, 1.165) is 44.9 Å². The number of rotatable bonds is 3. The highest BCUT2D eigenvalue weighted by Crippen LogP contribution is 2.31. The highest BCUT2D eigenvalue weighted by atomic mass is 16.5. The van der Waals surface area contributed by atoms with Crippen LogP contribution in [0.15, 0.2) is 0 Å². The summed E-state index contributed by atoms with van der Waals surface area (Å²) in [6, 6.07) is 0.456. The maximum absolute atomic E-state index is 10.4. The molecule has 1 saturated carbocycles. The summed E-state index contributed by atoms with van der Waals surface area (Å²) in [6.07, 6.45) is 6.57. The zero-order valence-electron chi connectivity index (χ0n) is 10.4. The maximum atomic E-state index is 10.4. The van der Waals surface area contributed by atoms with E-state index in [9.17, 15) is 5.11 Å². The molecule has 16 heavy (non-hydrogen) atoms. The van der Waals surface area contributed by atoms with Gasteiger partial charge >= 0.3 is 0 Å². The molecule has 3 heteroatoms. The number of hydrogen-bond acceptors (Lipinski definition) is 3. The molecule has 1 atom stereocenters. The maximum Gasteiger partial charge on any atom is 0.0771 e. The molecule has 2 rings (SSSR count). The van der Waals surface area contributed by atoms with E-state index < -0.39 is 5.60 Å². The number of ether oxygens (including phenoxy) is 1. The van der Waals surface area contributed by atoms with Gasteiger partial charge in [-0.25, -0.2) is 0 Å². The molecule has 0 spiro atoms.